The second-order valence-electron chi connectivity index (χ2n) is 9.16. The monoisotopic (exact) mass is 519 g/mol. The molecular formula is C27H24F3N7O. The number of likely N-dealkylation sites (N-methyl/N-ethyl adjacent to an activating group) is 1. The fourth-order valence-electron chi connectivity index (χ4n) is 4.34. The van der Waals surface area contributed by atoms with Gasteiger partial charge in [0.05, 0.1) is 28.6 Å². The first-order valence-corrected chi connectivity index (χ1v) is 11.9. The molecule has 4 aromatic rings. The van der Waals surface area contributed by atoms with Crippen LogP contribution in [0.4, 0.5) is 13.2 Å². The molecule has 0 unspecified atom stereocenters. The molecule has 0 saturated carbocycles. The summed E-state index contributed by atoms with van der Waals surface area (Å²) >= 11 is 0. The average molecular weight is 520 g/mol. The summed E-state index contributed by atoms with van der Waals surface area (Å²) in [5, 5.41) is 4.11. The number of rotatable bonds is 4. The Hall–Kier alpha value is -4.27. The van der Waals surface area contributed by atoms with Crippen LogP contribution in [0.1, 0.15) is 32.6 Å². The van der Waals surface area contributed by atoms with Crippen molar-refractivity contribution >= 4 is 11.6 Å². The van der Waals surface area contributed by atoms with Gasteiger partial charge in [-0.25, -0.2) is 9.50 Å². The van der Waals surface area contributed by atoms with Crippen molar-refractivity contribution in [2.75, 3.05) is 33.2 Å². The van der Waals surface area contributed by atoms with Crippen molar-refractivity contribution in [3.05, 3.63) is 82.9 Å². The zero-order chi connectivity index (χ0) is 26.9. The number of fused-ring (bicyclic) bond motifs is 1. The van der Waals surface area contributed by atoms with Crippen LogP contribution in [0.2, 0.25) is 0 Å². The maximum absolute atomic E-state index is 14.1. The van der Waals surface area contributed by atoms with E-state index in [0.717, 1.165) is 19.2 Å². The number of hydrogen-bond acceptors (Lipinski definition) is 6. The van der Waals surface area contributed by atoms with E-state index in [1.165, 1.54) is 18.3 Å². The van der Waals surface area contributed by atoms with E-state index in [2.05, 4.69) is 31.8 Å². The largest absolute Gasteiger partial charge is 0.416 e. The highest BCUT2D eigenvalue weighted by Gasteiger charge is 2.34. The molecule has 1 saturated heterocycles. The minimum absolute atomic E-state index is 0.0163. The standard InChI is InChI=1S/C27H24F3N7O/c1-35-8-10-36(11-9-35)17-21-5-4-20(13-23(21)27(28,29)30)25-22(26(31)38)12-18(14-33-25)2-3-19-15-32-24-6-7-34-37(24)16-19/h4-7,12-16H,8-11,17H2,1H3,(H2,31,38). The van der Waals surface area contributed by atoms with Gasteiger partial charge in [0.15, 0.2) is 5.65 Å². The van der Waals surface area contributed by atoms with Crippen molar-refractivity contribution in [3.63, 3.8) is 0 Å². The number of piperazine rings is 1. The number of amides is 1. The minimum atomic E-state index is -4.57. The molecule has 2 N–H and O–H groups in total. The SMILES string of the molecule is CN1CCN(Cc2ccc(-c3ncc(C#Cc4cnc5ccnn5c4)cc3C(N)=O)cc2C(F)(F)F)CC1. The highest BCUT2D eigenvalue weighted by molar-refractivity contribution is 5.99. The van der Waals surface area contributed by atoms with Crippen LogP contribution < -0.4 is 5.73 Å². The highest BCUT2D eigenvalue weighted by Crippen LogP contribution is 2.36. The Labute approximate surface area is 216 Å². The molecule has 4 heterocycles. The number of hydrogen-bond donors (Lipinski definition) is 1. The first-order valence-electron chi connectivity index (χ1n) is 11.9. The summed E-state index contributed by atoms with van der Waals surface area (Å²) in [4.78, 5) is 24.9. The predicted molar refractivity (Wildman–Crippen MR) is 135 cm³/mol. The third kappa shape index (κ3) is 5.51. The molecule has 1 fully saturated rings. The summed E-state index contributed by atoms with van der Waals surface area (Å²) in [7, 11) is 1.99. The fourth-order valence-corrected chi connectivity index (χ4v) is 4.34. The van der Waals surface area contributed by atoms with Crippen molar-refractivity contribution in [2.24, 2.45) is 5.73 Å². The molecule has 11 heteroatoms. The van der Waals surface area contributed by atoms with Gasteiger partial charge in [-0.1, -0.05) is 24.0 Å². The van der Waals surface area contributed by atoms with Gasteiger partial charge in [-0.3, -0.25) is 14.7 Å². The Morgan fingerprint density at radius 3 is 2.50 bits per heavy atom. The van der Waals surface area contributed by atoms with E-state index in [-0.39, 0.29) is 28.9 Å². The molecule has 0 bridgehead atoms. The molecule has 1 aliphatic heterocycles. The van der Waals surface area contributed by atoms with Gasteiger partial charge in [0, 0.05) is 68.5 Å². The van der Waals surface area contributed by atoms with Crippen molar-refractivity contribution in [2.45, 2.75) is 12.7 Å². The third-order valence-corrected chi connectivity index (χ3v) is 6.43. The van der Waals surface area contributed by atoms with Gasteiger partial charge >= 0.3 is 6.18 Å². The maximum atomic E-state index is 14.1. The van der Waals surface area contributed by atoms with Gasteiger partial charge in [-0.15, -0.1) is 0 Å². The Bertz CT molecular complexity index is 1560. The summed E-state index contributed by atoms with van der Waals surface area (Å²) in [6.45, 7) is 3.17. The molecule has 0 radical (unpaired) electrons. The number of carbonyl (C=O) groups excluding carboxylic acids is 1. The quantitative estimate of drug-likeness (QED) is 0.417. The summed E-state index contributed by atoms with van der Waals surface area (Å²) in [5.74, 6) is 5.01. The number of nitrogens with zero attached hydrogens (tertiary/aromatic N) is 6. The van der Waals surface area contributed by atoms with E-state index in [0.29, 0.717) is 29.9 Å². The second kappa shape index (κ2) is 10.2. The van der Waals surface area contributed by atoms with Crippen LogP contribution in [-0.4, -0.2) is 68.5 Å². The molecule has 194 valence electrons. The molecule has 0 spiro atoms. The Balaban J connectivity index is 1.46. The average Bonchev–Trinajstić information content (AvgIpc) is 3.36. The van der Waals surface area contributed by atoms with Crippen LogP contribution in [0.15, 0.2) is 55.1 Å². The number of primary amides is 1. The molecule has 0 atom stereocenters. The van der Waals surface area contributed by atoms with E-state index in [1.54, 1.807) is 35.2 Å². The van der Waals surface area contributed by atoms with Crippen LogP contribution in [0.3, 0.4) is 0 Å². The lowest BCUT2D eigenvalue weighted by molar-refractivity contribution is -0.138. The molecule has 0 aliphatic carbocycles. The summed E-state index contributed by atoms with van der Waals surface area (Å²) in [6.07, 6.45) is 1.74. The maximum Gasteiger partial charge on any atom is 0.416 e. The van der Waals surface area contributed by atoms with E-state index < -0.39 is 17.6 Å². The van der Waals surface area contributed by atoms with Crippen molar-refractivity contribution in [1.29, 1.82) is 0 Å². The lowest BCUT2D eigenvalue weighted by Gasteiger charge is -2.33. The number of halogens is 3. The number of aromatic nitrogens is 4. The molecule has 1 amide bonds. The summed E-state index contributed by atoms with van der Waals surface area (Å²) < 4.78 is 43.7. The first-order chi connectivity index (χ1) is 18.2. The van der Waals surface area contributed by atoms with Crippen molar-refractivity contribution in [1.82, 2.24) is 29.4 Å². The van der Waals surface area contributed by atoms with Crippen molar-refractivity contribution in [3.8, 4) is 23.1 Å². The topological polar surface area (TPSA) is 92.7 Å². The Kier molecular flexibility index (Phi) is 6.84. The molecule has 8 nitrogen and oxygen atoms in total. The first kappa shape index (κ1) is 25.4. The van der Waals surface area contributed by atoms with Gasteiger partial charge in [0.2, 0.25) is 0 Å². The summed E-state index contributed by atoms with van der Waals surface area (Å²) in [6, 6.07) is 7.22. The molecule has 1 aliphatic rings. The van der Waals surface area contributed by atoms with Crippen LogP contribution in [-0.2, 0) is 12.7 Å². The molecule has 3 aromatic heterocycles. The lowest BCUT2D eigenvalue weighted by Crippen LogP contribution is -2.44. The van der Waals surface area contributed by atoms with Crippen LogP contribution >= 0.6 is 0 Å². The zero-order valence-electron chi connectivity index (χ0n) is 20.5. The van der Waals surface area contributed by atoms with E-state index in [4.69, 9.17) is 5.73 Å². The number of benzene rings is 1. The van der Waals surface area contributed by atoms with Gasteiger partial charge in [-0.05, 0) is 24.7 Å². The number of alkyl halides is 3. The smallest absolute Gasteiger partial charge is 0.366 e. The third-order valence-electron chi connectivity index (χ3n) is 6.43. The van der Waals surface area contributed by atoms with E-state index in [1.807, 2.05) is 11.9 Å². The zero-order valence-corrected chi connectivity index (χ0v) is 20.5. The van der Waals surface area contributed by atoms with Gasteiger partial charge < -0.3 is 10.6 Å². The Morgan fingerprint density at radius 1 is 1.03 bits per heavy atom. The molecule has 1 aromatic carbocycles. The van der Waals surface area contributed by atoms with Crippen LogP contribution in [0.5, 0.6) is 0 Å². The molecule has 5 rings (SSSR count). The second-order valence-corrected chi connectivity index (χ2v) is 9.16. The number of pyridine rings is 1. The van der Waals surface area contributed by atoms with Gasteiger partial charge in [0.25, 0.3) is 5.91 Å². The number of nitrogens with two attached hydrogens (primary N) is 1. The lowest BCUT2D eigenvalue weighted by atomic mass is 9.97. The van der Waals surface area contributed by atoms with Crippen LogP contribution in [0.25, 0.3) is 16.9 Å². The minimum Gasteiger partial charge on any atom is -0.366 e. The van der Waals surface area contributed by atoms with Gasteiger partial charge in [0.1, 0.15) is 0 Å². The Morgan fingerprint density at radius 2 is 1.76 bits per heavy atom. The van der Waals surface area contributed by atoms with E-state index in [9.17, 15) is 18.0 Å². The summed E-state index contributed by atoms with van der Waals surface area (Å²) in [5.41, 5.74) is 6.85. The normalized spacial score (nSPS) is 14.8. The van der Waals surface area contributed by atoms with E-state index >= 15 is 0 Å². The number of carbonyl (C=O) groups is 1. The molecular weight excluding hydrogens is 495 g/mol. The van der Waals surface area contributed by atoms with Crippen molar-refractivity contribution < 1.29 is 18.0 Å². The fraction of sp³-hybridized carbons (Fsp3) is 0.259. The highest BCUT2D eigenvalue weighted by atomic mass is 19.4. The van der Waals surface area contributed by atoms with Crippen LogP contribution in [0, 0.1) is 11.8 Å². The molecule has 38 heavy (non-hydrogen) atoms. The van der Waals surface area contributed by atoms with Gasteiger partial charge in [-0.2, -0.15) is 18.3 Å². The predicted octanol–water partition coefficient (Wildman–Crippen LogP) is 3.06.